The molecule has 2 rings (SSSR count). The summed E-state index contributed by atoms with van der Waals surface area (Å²) in [6.45, 7) is 1.46. The van der Waals surface area contributed by atoms with Crippen molar-refractivity contribution >= 4 is 23.7 Å². The second-order valence-electron chi connectivity index (χ2n) is 4.12. The van der Waals surface area contributed by atoms with Crippen LogP contribution in [0.25, 0.3) is 12.2 Å². The molecule has 0 aliphatic heterocycles. The first-order valence-corrected chi connectivity index (χ1v) is 5.96. The fourth-order valence-electron chi connectivity index (χ4n) is 1.74. The topological polar surface area (TPSA) is 29.1 Å². The number of anilines is 1. The largest absolute Gasteiger partial charge is 0.326 e. The molecule has 0 saturated heterocycles. The van der Waals surface area contributed by atoms with Crippen molar-refractivity contribution in [3.05, 3.63) is 65.5 Å². The van der Waals surface area contributed by atoms with Crippen LogP contribution in [0.5, 0.6) is 0 Å². The van der Waals surface area contributed by atoms with E-state index < -0.39 is 0 Å². The Kier molecular flexibility index (Phi) is 4.08. The third kappa shape index (κ3) is 3.52. The van der Waals surface area contributed by atoms with Crippen molar-refractivity contribution in [3.63, 3.8) is 0 Å². The van der Waals surface area contributed by atoms with Crippen molar-refractivity contribution in [3.8, 4) is 0 Å². The monoisotopic (exact) mass is 255 g/mol. The fraction of sp³-hybridized carbons (Fsp3) is 0.0625. The molecule has 0 fully saturated rings. The van der Waals surface area contributed by atoms with Crippen LogP contribution in [0.3, 0.4) is 0 Å². The summed E-state index contributed by atoms with van der Waals surface area (Å²) in [5.74, 6) is -0.400. The standard InChI is InChI=1S/C16H14FNO/c1-12(19)18-16-9-5-3-7-14(16)11-10-13-6-2-4-8-15(13)17/h2-11H,1H3,(H,18,19)/b11-10+. The first kappa shape index (κ1) is 13.0. The Balaban J connectivity index is 2.28. The van der Waals surface area contributed by atoms with Gasteiger partial charge in [0.25, 0.3) is 0 Å². The maximum absolute atomic E-state index is 13.5. The summed E-state index contributed by atoms with van der Waals surface area (Å²) in [5.41, 5.74) is 2.06. The number of rotatable bonds is 3. The molecule has 2 aromatic rings. The molecule has 0 heterocycles. The highest BCUT2D eigenvalue weighted by Gasteiger charge is 2.01. The predicted octanol–water partition coefficient (Wildman–Crippen LogP) is 3.95. The van der Waals surface area contributed by atoms with E-state index in [1.165, 1.54) is 13.0 Å². The lowest BCUT2D eigenvalue weighted by atomic mass is 10.1. The smallest absolute Gasteiger partial charge is 0.221 e. The van der Waals surface area contributed by atoms with Gasteiger partial charge in [0, 0.05) is 18.2 Å². The van der Waals surface area contributed by atoms with Crippen LogP contribution in [-0.4, -0.2) is 5.91 Å². The molecule has 96 valence electrons. The van der Waals surface area contributed by atoms with Crippen LogP contribution in [0, 0.1) is 5.82 Å². The van der Waals surface area contributed by atoms with Crippen molar-refractivity contribution in [2.45, 2.75) is 6.92 Å². The van der Waals surface area contributed by atoms with E-state index in [1.807, 2.05) is 24.3 Å². The number of para-hydroxylation sites is 1. The predicted molar refractivity (Wildman–Crippen MR) is 76.1 cm³/mol. The Labute approximate surface area is 111 Å². The first-order chi connectivity index (χ1) is 9.16. The third-order valence-electron chi connectivity index (χ3n) is 2.62. The van der Waals surface area contributed by atoms with Crippen LogP contribution in [0.1, 0.15) is 18.1 Å². The van der Waals surface area contributed by atoms with Gasteiger partial charge in [-0.15, -0.1) is 0 Å². The molecule has 3 heteroatoms. The first-order valence-electron chi connectivity index (χ1n) is 5.96. The van der Waals surface area contributed by atoms with Gasteiger partial charge in [0.1, 0.15) is 5.82 Å². The van der Waals surface area contributed by atoms with Gasteiger partial charge in [0.2, 0.25) is 5.91 Å². The molecule has 19 heavy (non-hydrogen) atoms. The molecule has 0 aromatic heterocycles. The number of hydrogen-bond donors (Lipinski definition) is 1. The van der Waals surface area contributed by atoms with Gasteiger partial charge in [0.05, 0.1) is 0 Å². The van der Waals surface area contributed by atoms with Gasteiger partial charge in [0.15, 0.2) is 0 Å². The number of carbonyl (C=O) groups is 1. The van der Waals surface area contributed by atoms with E-state index in [2.05, 4.69) is 5.32 Å². The summed E-state index contributed by atoms with van der Waals surface area (Å²) in [7, 11) is 0. The van der Waals surface area contributed by atoms with Gasteiger partial charge in [-0.25, -0.2) is 4.39 Å². The highest BCUT2D eigenvalue weighted by atomic mass is 19.1. The van der Waals surface area contributed by atoms with E-state index in [9.17, 15) is 9.18 Å². The van der Waals surface area contributed by atoms with E-state index in [1.54, 1.807) is 30.4 Å². The molecule has 0 radical (unpaired) electrons. The van der Waals surface area contributed by atoms with Crippen LogP contribution in [-0.2, 0) is 4.79 Å². The molecule has 0 saturated carbocycles. The van der Waals surface area contributed by atoms with Crippen molar-refractivity contribution < 1.29 is 9.18 Å². The lowest BCUT2D eigenvalue weighted by molar-refractivity contribution is -0.114. The summed E-state index contributed by atoms with van der Waals surface area (Å²) in [4.78, 5) is 11.1. The highest BCUT2D eigenvalue weighted by Crippen LogP contribution is 2.19. The minimum absolute atomic E-state index is 0.133. The van der Waals surface area contributed by atoms with Gasteiger partial charge in [-0.3, -0.25) is 4.79 Å². The Hall–Kier alpha value is -2.42. The molecule has 0 spiro atoms. The summed E-state index contributed by atoms with van der Waals surface area (Å²) in [6, 6.07) is 13.9. The number of hydrogen-bond acceptors (Lipinski definition) is 1. The molecule has 0 aliphatic rings. The fourth-order valence-corrected chi connectivity index (χ4v) is 1.74. The van der Waals surface area contributed by atoms with Crippen LogP contribution in [0.15, 0.2) is 48.5 Å². The van der Waals surface area contributed by atoms with E-state index in [-0.39, 0.29) is 11.7 Å². The molecule has 2 aromatic carbocycles. The van der Waals surface area contributed by atoms with Crippen molar-refractivity contribution in [2.75, 3.05) is 5.32 Å². The maximum atomic E-state index is 13.5. The summed E-state index contributed by atoms with van der Waals surface area (Å²) in [5, 5.41) is 2.74. The Morgan fingerprint density at radius 3 is 2.26 bits per heavy atom. The maximum Gasteiger partial charge on any atom is 0.221 e. The Bertz CT molecular complexity index is 620. The Morgan fingerprint density at radius 2 is 1.58 bits per heavy atom. The quantitative estimate of drug-likeness (QED) is 0.826. The minimum Gasteiger partial charge on any atom is -0.326 e. The number of benzene rings is 2. The number of amides is 1. The zero-order chi connectivity index (χ0) is 13.7. The van der Waals surface area contributed by atoms with Crippen LogP contribution >= 0.6 is 0 Å². The zero-order valence-electron chi connectivity index (χ0n) is 10.6. The number of carbonyl (C=O) groups excluding carboxylic acids is 1. The van der Waals surface area contributed by atoms with Crippen molar-refractivity contribution in [2.24, 2.45) is 0 Å². The van der Waals surface area contributed by atoms with Crippen LogP contribution in [0.2, 0.25) is 0 Å². The summed E-state index contributed by atoms with van der Waals surface area (Å²) >= 11 is 0. The van der Waals surface area contributed by atoms with Gasteiger partial charge in [-0.05, 0) is 17.7 Å². The molecule has 2 nitrogen and oxygen atoms in total. The molecular formula is C16H14FNO. The molecule has 0 unspecified atom stereocenters. The molecule has 1 amide bonds. The van der Waals surface area contributed by atoms with E-state index >= 15 is 0 Å². The second kappa shape index (κ2) is 5.96. The van der Waals surface area contributed by atoms with Crippen LogP contribution < -0.4 is 5.32 Å². The van der Waals surface area contributed by atoms with Gasteiger partial charge in [-0.2, -0.15) is 0 Å². The Morgan fingerprint density at radius 1 is 1.00 bits per heavy atom. The lowest BCUT2D eigenvalue weighted by Crippen LogP contribution is -2.06. The average Bonchev–Trinajstić information content (AvgIpc) is 2.39. The molecule has 0 aliphatic carbocycles. The van der Waals surface area contributed by atoms with Crippen LogP contribution in [0.4, 0.5) is 10.1 Å². The van der Waals surface area contributed by atoms with Gasteiger partial charge < -0.3 is 5.32 Å². The lowest BCUT2D eigenvalue weighted by Gasteiger charge is -2.06. The molecule has 0 atom stereocenters. The normalized spacial score (nSPS) is 10.6. The molecular weight excluding hydrogens is 241 g/mol. The highest BCUT2D eigenvalue weighted by molar-refractivity contribution is 5.92. The summed E-state index contributed by atoms with van der Waals surface area (Å²) in [6.07, 6.45) is 3.47. The van der Waals surface area contributed by atoms with Crippen molar-refractivity contribution in [1.82, 2.24) is 0 Å². The number of nitrogens with one attached hydrogen (secondary N) is 1. The van der Waals surface area contributed by atoms with Crippen molar-refractivity contribution in [1.29, 1.82) is 0 Å². The minimum atomic E-state index is -0.268. The van der Waals surface area contributed by atoms with E-state index in [0.717, 1.165) is 5.56 Å². The second-order valence-corrected chi connectivity index (χ2v) is 4.12. The third-order valence-corrected chi connectivity index (χ3v) is 2.62. The molecule has 1 N–H and O–H groups in total. The van der Waals surface area contributed by atoms with E-state index in [0.29, 0.717) is 11.3 Å². The molecule has 0 bridgehead atoms. The van der Waals surface area contributed by atoms with Gasteiger partial charge in [-0.1, -0.05) is 48.6 Å². The van der Waals surface area contributed by atoms with E-state index in [4.69, 9.17) is 0 Å². The SMILES string of the molecule is CC(=O)Nc1ccccc1/C=C/c1ccccc1F. The number of halogens is 1. The average molecular weight is 255 g/mol. The summed E-state index contributed by atoms with van der Waals surface area (Å²) < 4.78 is 13.5. The zero-order valence-corrected chi connectivity index (χ0v) is 10.6. The van der Waals surface area contributed by atoms with Gasteiger partial charge >= 0.3 is 0 Å².